The van der Waals surface area contributed by atoms with Crippen molar-refractivity contribution >= 4 is 38.9 Å². The summed E-state index contributed by atoms with van der Waals surface area (Å²) in [5, 5.41) is 2.48. The number of amides is 1. The van der Waals surface area contributed by atoms with Gasteiger partial charge < -0.3 is 4.90 Å². The lowest BCUT2D eigenvalue weighted by molar-refractivity contribution is -0.138. The quantitative estimate of drug-likeness (QED) is 0.656. The lowest BCUT2D eigenvalue weighted by atomic mass is 9.96. The number of thiophene rings is 1. The highest BCUT2D eigenvalue weighted by atomic mass is 35.5. The third-order valence-corrected chi connectivity index (χ3v) is 8.92. The van der Waals surface area contributed by atoms with Crippen LogP contribution < -0.4 is 0 Å². The molecule has 0 radical (unpaired) electrons. The molecule has 1 aromatic carbocycles. The van der Waals surface area contributed by atoms with Gasteiger partial charge in [-0.1, -0.05) is 23.7 Å². The highest BCUT2D eigenvalue weighted by Crippen LogP contribution is 2.33. The normalized spacial score (nSPS) is 18.7. The molecule has 8 heteroatoms. The zero-order chi connectivity index (χ0) is 20.6. The number of piperidine rings is 1. The van der Waals surface area contributed by atoms with Crippen LogP contribution in [0.25, 0.3) is 0 Å². The summed E-state index contributed by atoms with van der Waals surface area (Å²) in [4.78, 5) is 16.6. The summed E-state index contributed by atoms with van der Waals surface area (Å²) in [6.07, 6.45) is 3.26. The van der Waals surface area contributed by atoms with Crippen LogP contribution in [0.5, 0.6) is 0 Å². The number of aryl methyl sites for hydroxylation is 1. The Morgan fingerprint density at radius 3 is 2.52 bits per heavy atom. The molecule has 2 fully saturated rings. The predicted molar refractivity (Wildman–Crippen MR) is 116 cm³/mol. The molecule has 0 spiro atoms. The zero-order valence-corrected chi connectivity index (χ0v) is 18.8. The van der Waals surface area contributed by atoms with Crippen molar-refractivity contribution in [3.8, 4) is 0 Å². The SMILES string of the molecule is Cc1ccc(S(=O)(=O)N2CCC(C(=O)N(Cc3cccs3)C3CC3)CC2)cc1Cl. The van der Waals surface area contributed by atoms with Gasteiger partial charge in [0.2, 0.25) is 15.9 Å². The van der Waals surface area contributed by atoms with E-state index in [1.165, 1.54) is 15.2 Å². The van der Waals surface area contributed by atoms with Crippen LogP contribution in [0, 0.1) is 12.8 Å². The molecule has 1 aliphatic carbocycles. The number of carbonyl (C=O) groups is 1. The molecular weight excluding hydrogens is 428 g/mol. The van der Waals surface area contributed by atoms with Crippen molar-refractivity contribution in [3.05, 3.63) is 51.2 Å². The molecule has 0 unspecified atom stereocenters. The average molecular weight is 453 g/mol. The van der Waals surface area contributed by atoms with Crippen LogP contribution >= 0.6 is 22.9 Å². The molecule has 1 saturated carbocycles. The van der Waals surface area contributed by atoms with Gasteiger partial charge in [0.15, 0.2) is 0 Å². The van der Waals surface area contributed by atoms with E-state index in [0.29, 0.717) is 43.5 Å². The van der Waals surface area contributed by atoms with Gasteiger partial charge in [-0.15, -0.1) is 11.3 Å². The molecule has 0 N–H and O–H groups in total. The minimum atomic E-state index is -3.59. The number of hydrogen-bond acceptors (Lipinski definition) is 4. The fraction of sp³-hybridized carbons (Fsp3) is 0.476. The Hall–Kier alpha value is -1.41. The van der Waals surface area contributed by atoms with Crippen LogP contribution in [-0.4, -0.2) is 42.7 Å². The lowest BCUT2D eigenvalue weighted by Crippen LogP contribution is -2.44. The van der Waals surface area contributed by atoms with Gasteiger partial charge in [0.05, 0.1) is 11.4 Å². The topological polar surface area (TPSA) is 57.7 Å². The van der Waals surface area contributed by atoms with Crippen molar-refractivity contribution in [1.82, 2.24) is 9.21 Å². The van der Waals surface area contributed by atoms with Crippen molar-refractivity contribution in [2.75, 3.05) is 13.1 Å². The van der Waals surface area contributed by atoms with Gasteiger partial charge in [-0.05, 0) is 61.7 Å². The van der Waals surface area contributed by atoms with Gasteiger partial charge in [-0.2, -0.15) is 4.31 Å². The van der Waals surface area contributed by atoms with E-state index < -0.39 is 10.0 Å². The Kier molecular flexibility index (Phi) is 6.02. The summed E-state index contributed by atoms with van der Waals surface area (Å²) in [7, 11) is -3.59. The summed E-state index contributed by atoms with van der Waals surface area (Å²) in [5.74, 6) is 0.0694. The summed E-state index contributed by atoms with van der Waals surface area (Å²) in [6, 6.07) is 9.26. The summed E-state index contributed by atoms with van der Waals surface area (Å²) < 4.78 is 27.4. The molecule has 1 amide bonds. The minimum absolute atomic E-state index is 0.108. The minimum Gasteiger partial charge on any atom is -0.334 e. The van der Waals surface area contributed by atoms with Gasteiger partial charge in [0.25, 0.3) is 0 Å². The Bertz CT molecular complexity index is 979. The number of nitrogens with zero attached hydrogens (tertiary/aromatic N) is 2. The first kappa shape index (κ1) is 20.8. The van der Waals surface area contributed by atoms with Crippen LogP contribution in [0.1, 0.15) is 36.1 Å². The van der Waals surface area contributed by atoms with Crippen LogP contribution in [0.2, 0.25) is 5.02 Å². The van der Waals surface area contributed by atoms with Gasteiger partial charge in [0, 0.05) is 34.9 Å². The fourth-order valence-corrected chi connectivity index (χ4v) is 6.25. The van der Waals surface area contributed by atoms with Crippen molar-refractivity contribution < 1.29 is 13.2 Å². The third kappa shape index (κ3) is 4.53. The highest BCUT2D eigenvalue weighted by Gasteiger charge is 2.38. The summed E-state index contributed by atoms with van der Waals surface area (Å²) in [6.45, 7) is 3.24. The molecule has 1 saturated heterocycles. The molecule has 0 atom stereocenters. The molecule has 2 heterocycles. The number of benzene rings is 1. The van der Waals surface area contributed by atoms with Crippen molar-refractivity contribution in [2.45, 2.75) is 50.1 Å². The first-order chi connectivity index (χ1) is 13.9. The van der Waals surface area contributed by atoms with E-state index in [-0.39, 0.29) is 16.7 Å². The maximum atomic E-state index is 13.2. The van der Waals surface area contributed by atoms with E-state index in [0.717, 1.165) is 18.4 Å². The predicted octanol–water partition coefficient (Wildman–Crippen LogP) is 4.30. The highest BCUT2D eigenvalue weighted by molar-refractivity contribution is 7.89. The lowest BCUT2D eigenvalue weighted by Gasteiger charge is -2.33. The summed E-state index contributed by atoms with van der Waals surface area (Å²) >= 11 is 7.79. The van der Waals surface area contributed by atoms with Gasteiger partial charge in [-0.25, -0.2) is 8.42 Å². The number of rotatable bonds is 6. The van der Waals surface area contributed by atoms with E-state index in [9.17, 15) is 13.2 Å². The van der Waals surface area contributed by atoms with Gasteiger partial charge >= 0.3 is 0 Å². The van der Waals surface area contributed by atoms with E-state index >= 15 is 0 Å². The second-order valence-corrected chi connectivity index (χ2v) is 11.2. The molecule has 2 aromatic rings. The fourth-order valence-electron chi connectivity index (χ4n) is 3.80. The number of sulfonamides is 1. The van der Waals surface area contributed by atoms with Crippen molar-refractivity contribution in [3.63, 3.8) is 0 Å². The largest absolute Gasteiger partial charge is 0.334 e. The molecule has 0 bridgehead atoms. The molecule has 2 aliphatic rings. The Balaban J connectivity index is 1.41. The first-order valence-electron chi connectivity index (χ1n) is 9.95. The van der Waals surface area contributed by atoms with Crippen LogP contribution in [0.15, 0.2) is 40.6 Å². The van der Waals surface area contributed by atoms with Crippen LogP contribution in [0.3, 0.4) is 0 Å². The maximum Gasteiger partial charge on any atom is 0.243 e. The zero-order valence-electron chi connectivity index (χ0n) is 16.4. The molecule has 5 nitrogen and oxygen atoms in total. The number of carbonyl (C=O) groups excluding carboxylic acids is 1. The van der Waals surface area contributed by atoms with E-state index in [2.05, 4.69) is 6.07 Å². The van der Waals surface area contributed by atoms with Gasteiger partial charge in [0.1, 0.15) is 0 Å². The third-order valence-electron chi connectivity index (χ3n) is 5.76. The van der Waals surface area contributed by atoms with Crippen molar-refractivity contribution in [1.29, 1.82) is 0 Å². The van der Waals surface area contributed by atoms with E-state index in [1.807, 2.05) is 23.3 Å². The molecular formula is C21H25ClN2O3S2. The number of halogens is 1. The standard InChI is InChI=1S/C21H25ClN2O3S2/c1-15-4-7-19(13-20(15)22)29(26,27)23-10-8-16(9-11-23)21(25)24(17-5-6-17)14-18-3-2-12-28-18/h2-4,7,12-13,16-17H,5-6,8-11,14H2,1H3. The monoisotopic (exact) mass is 452 g/mol. The summed E-state index contributed by atoms with van der Waals surface area (Å²) in [5.41, 5.74) is 0.848. The smallest absolute Gasteiger partial charge is 0.243 e. The van der Waals surface area contributed by atoms with Gasteiger partial charge in [-0.3, -0.25) is 4.79 Å². The van der Waals surface area contributed by atoms with Crippen LogP contribution in [0.4, 0.5) is 0 Å². The Morgan fingerprint density at radius 2 is 1.93 bits per heavy atom. The first-order valence-corrected chi connectivity index (χ1v) is 12.6. The molecule has 156 valence electrons. The van der Waals surface area contributed by atoms with Crippen LogP contribution in [-0.2, 0) is 21.4 Å². The molecule has 29 heavy (non-hydrogen) atoms. The van der Waals surface area contributed by atoms with E-state index in [1.54, 1.807) is 23.5 Å². The second-order valence-electron chi connectivity index (χ2n) is 7.87. The second kappa shape index (κ2) is 8.38. The molecule has 1 aromatic heterocycles. The Labute approximate surface area is 181 Å². The van der Waals surface area contributed by atoms with Crippen molar-refractivity contribution in [2.24, 2.45) is 5.92 Å². The molecule has 1 aliphatic heterocycles. The Morgan fingerprint density at radius 1 is 1.21 bits per heavy atom. The average Bonchev–Trinajstić information content (AvgIpc) is 3.43. The number of hydrogen-bond donors (Lipinski definition) is 0. The van der Waals surface area contributed by atoms with E-state index in [4.69, 9.17) is 11.6 Å². The molecule has 4 rings (SSSR count). The maximum absolute atomic E-state index is 13.2.